The largest absolute Gasteiger partial charge is 0.271 e. The van der Waals surface area contributed by atoms with Crippen LogP contribution in [-0.2, 0) is 0 Å². The molecule has 2 unspecified atom stereocenters. The van der Waals surface area contributed by atoms with Crippen molar-refractivity contribution in [3.05, 3.63) is 29.0 Å². The van der Waals surface area contributed by atoms with E-state index >= 15 is 0 Å². The SMILES string of the molecule is CCCC(C)CC(NN)c1ccnc(Cl)c1. The van der Waals surface area contributed by atoms with Gasteiger partial charge in [0, 0.05) is 12.2 Å². The zero-order chi connectivity index (χ0) is 12.0. The van der Waals surface area contributed by atoms with Crippen molar-refractivity contribution in [1.82, 2.24) is 10.4 Å². The Morgan fingerprint density at radius 1 is 1.56 bits per heavy atom. The molecule has 1 aromatic rings. The quantitative estimate of drug-likeness (QED) is 0.457. The van der Waals surface area contributed by atoms with E-state index in [1.165, 1.54) is 12.8 Å². The molecule has 0 fully saturated rings. The predicted octanol–water partition coefficient (Wildman–Crippen LogP) is 3.07. The fourth-order valence-electron chi connectivity index (χ4n) is 1.95. The highest BCUT2D eigenvalue weighted by atomic mass is 35.5. The smallest absolute Gasteiger partial charge is 0.129 e. The summed E-state index contributed by atoms with van der Waals surface area (Å²) in [6.07, 6.45) is 5.16. The van der Waals surface area contributed by atoms with Crippen molar-refractivity contribution in [2.75, 3.05) is 0 Å². The number of nitrogens with zero attached hydrogens (tertiary/aromatic N) is 1. The first-order valence-electron chi connectivity index (χ1n) is 5.75. The molecule has 3 N–H and O–H groups in total. The van der Waals surface area contributed by atoms with E-state index in [1.807, 2.05) is 12.1 Å². The molecule has 0 saturated carbocycles. The van der Waals surface area contributed by atoms with E-state index in [0.717, 1.165) is 12.0 Å². The van der Waals surface area contributed by atoms with Crippen LogP contribution in [0.4, 0.5) is 0 Å². The maximum Gasteiger partial charge on any atom is 0.129 e. The van der Waals surface area contributed by atoms with Crippen LogP contribution < -0.4 is 11.3 Å². The first-order chi connectivity index (χ1) is 7.67. The van der Waals surface area contributed by atoms with Crippen LogP contribution in [0.25, 0.3) is 0 Å². The Bertz CT molecular complexity index is 317. The highest BCUT2D eigenvalue weighted by Crippen LogP contribution is 2.24. The van der Waals surface area contributed by atoms with E-state index in [-0.39, 0.29) is 6.04 Å². The lowest BCUT2D eigenvalue weighted by Gasteiger charge is -2.20. The third-order valence-electron chi connectivity index (χ3n) is 2.77. The number of aromatic nitrogens is 1. The summed E-state index contributed by atoms with van der Waals surface area (Å²) in [5.74, 6) is 6.24. The lowest BCUT2D eigenvalue weighted by molar-refractivity contribution is 0.394. The number of hydrogen-bond donors (Lipinski definition) is 2. The Labute approximate surface area is 102 Å². The zero-order valence-electron chi connectivity index (χ0n) is 9.91. The Kier molecular flexibility index (Phi) is 5.74. The summed E-state index contributed by atoms with van der Waals surface area (Å²) in [6.45, 7) is 4.45. The molecule has 0 aliphatic heterocycles. The second kappa shape index (κ2) is 6.84. The van der Waals surface area contributed by atoms with Gasteiger partial charge in [-0.2, -0.15) is 0 Å². The van der Waals surface area contributed by atoms with Crippen molar-refractivity contribution in [2.45, 2.75) is 39.2 Å². The first-order valence-corrected chi connectivity index (χ1v) is 6.12. The minimum Gasteiger partial charge on any atom is -0.271 e. The molecule has 1 heterocycles. The average molecular weight is 242 g/mol. The number of nitrogens with two attached hydrogens (primary N) is 1. The van der Waals surface area contributed by atoms with Gasteiger partial charge in [-0.05, 0) is 30.0 Å². The Balaban J connectivity index is 2.67. The Morgan fingerprint density at radius 2 is 2.31 bits per heavy atom. The molecule has 16 heavy (non-hydrogen) atoms. The van der Waals surface area contributed by atoms with Crippen LogP contribution >= 0.6 is 11.6 Å². The molecule has 0 aliphatic carbocycles. The molecule has 0 aliphatic rings. The molecule has 0 aromatic carbocycles. The zero-order valence-corrected chi connectivity index (χ0v) is 10.7. The summed E-state index contributed by atoms with van der Waals surface area (Å²) >= 11 is 5.86. The number of halogens is 1. The van der Waals surface area contributed by atoms with E-state index in [2.05, 4.69) is 24.3 Å². The van der Waals surface area contributed by atoms with Gasteiger partial charge in [-0.15, -0.1) is 0 Å². The number of nitrogens with one attached hydrogen (secondary N) is 1. The van der Waals surface area contributed by atoms with E-state index in [4.69, 9.17) is 17.4 Å². The van der Waals surface area contributed by atoms with Crippen LogP contribution in [0, 0.1) is 5.92 Å². The van der Waals surface area contributed by atoms with Gasteiger partial charge in [0.15, 0.2) is 0 Å². The molecule has 0 bridgehead atoms. The Morgan fingerprint density at radius 3 is 2.88 bits per heavy atom. The summed E-state index contributed by atoms with van der Waals surface area (Å²) in [7, 11) is 0. The summed E-state index contributed by atoms with van der Waals surface area (Å²) < 4.78 is 0. The van der Waals surface area contributed by atoms with E-state index < -0.39 is 0 Å². The predicted molar refractivity (Wildman–Crippen MR) is 68.0 cm³/mol. The van der Waals surface area contributed by atoms with Crippen molar-refractivity contribution < 1.29 is 0 Å². The number of rotatable bonds is 6. The van der Waals surface area contributed by atoms with Gasteiger partial charge in [0.25, 0.3) is 0 Å². The minimum atomic E-state index is 0.155. The molecular formula is C12H20ClN3. The highest BCUT2D eigenvalue weighted by Gasteiger charge is 2.13. The molecule has 0 radical (unpaired) electrons. The van der Waals surface area contributed by atoms with Gasteiger partial charge >= 0.3 is 0 Å². The molecule has 0 saturated heterocycles. The molecule has 90 valence electrons. The maximum absolute atomic E-state index is 5.86. The van der Waals surface area contributed by atoms with Gasteiger partial charge in [-0.3, -0.25) is 11.3 Å². The summed E-state index contributed by atoms with van der Waals surface area (Å²) in [6, 6.07) is 3.97. The third kappa shape index (κ3) is 4.08. The highest BCUT2D eigenvalue weighted by molar-refractivity contribution is 6.29. The van der Waals surface area contributed by atoms with Gasteiger partial charge in [0.2, 0.25) is 0 Å². The third-order valence-corrected chi connectivity index (χ3v) is 2.98. The van der Waals surface area contributed by atoms with E-state index in [1.54, 1.807) is 6.20 Å². The maximum atomic E-state index is 5.86. The lowest BCUT2D eigenvalue weighted by atomic mass is 9.94. The van der Waals surface area contributed by atoms with Crippen LogP contribution in [-0.4, -0.2) is 4.98 Å². The van der Waals surface area contributed by atoms with Crippen molar-refractivity contribution in [3.63, 3.8) is 0 Å². The number of pyridine rings is 1. The van der Waals surface area contributed by atoms with Gasteiger partial charge in [0.05, 0.1) is 0 Å². The summed E-state index contributed by atoms with van der Waals surface area (Å²) in [5, 5.41) is 0.515. The molecule has 0 amide bonds. The van der Waals surface area contributed by atoms with Crippen LogP contribution in [0.5, 0.6) is 0 Å². The van der Waals surface area contributed by atoms with Crippen molar-refractivity contribution in [2.24, 2.45) is 11.8 Å². The van der Waals surface area contributed by atoms with Crippen molar-refractivity contribution >= 4 is 11.6 Å². The van der Waals surface area contributed by atoms with E-state index in [9.17, 15) is 0 Å². The Hall–Kier alpha value is -0.640. The van der Waals surface area contributed by atoms with Gasteiger partial charge in [-0.25, -0.2) is 4.98 Å². The van der Waals surface area contributed by atoms with Crippen LogP contribution in [0.1, 0.15) is 44.7 Å². The summed E-state index contributed by atoms with van der Waals surface area (Å²) in [5.41, 5.74) is 3.95. The van der Waals surface area contributed by atoms with Crippen LogP contribution in [0.15, 0.2) is 18.3 Å². The van der Waals surface area contributed by atoms with E-state index in [0.29, 0.717) is 11.1 Å². The standard InChI is InChI=1S/C12H20ClN3/c1-3-4-9(2)7-11(16-14)10-5-6-15-12(13)8-10/h5-6,8-9,11,16H,3-4,7,14H2,1-2H3. The second-order valence-electron chi connectivity index (χ2n) is 4.26. The number of hydrazine groups is 1. The molecule has 3 nitrogen and oxygen atoms in total. The topological polar surface area (TPSA) is 50.9 Å². The first kappa shape index (κ1) is 13.4. The van der Waals surface area contributed by atoms with Crippen LogP contribution in [0.3, 0.4) is 0 Å². The molecule has 1 rings (SSSR count). The van der Waals surface area contributed by atoms with Crippen molar-refractivity contribution in [1.29, 1.82) is 0 Å². The van der Waals surface area contributed by atoms with Gasteiger partial charge < -0.3 is 0 Å². The molecular weight excluding hydrogens is 222 g/mol. The fourth-order valence-corrected chi connectivity index (χ4v) is 2.13. The fraction of sp³-hybridized carbons (Fsp3) is 0.583. The molecule has 4 heteroatoms. The average Bonchev–Trinajstić information content (AvgIpc) is 2.26. The number of hydrogen-bond acceptors (Lipinski definition) is 3. The molecule has 1 aromatic heterocycles. The monoisotopic (exact) mass is 241 g/mol. The molecule has 2 atom stereocenters. The van der Waals surface area contributed by atoms with Gasteiger partial charge in [-0.1, -0.05) is 38.3 Å². The lowest BCUT2D eigenvalue weighted by Crippen LogP contribution is -2.29. The molecule has 0 spiro atoms. The second-order valence-corrected chi connectivity index (χ2v) is 4.65. The van der Waals surface area contributed by atoms with Crippen LogP contribution in [0.2, 0.25) is 5.15 Å². The minimum absolute atomic E-state index is 0.155. The summed E-state index contributed by atoms with van der Waals surface area (Å²) in [4.78, 5) is 3.97. The van der Waals surface area contributed by atoms with Gasteiger partial charge in [0.1, 0.15) is 5.15 Å². The normalized spacial score (nSPS) is 14.8. The van der Waals surface area contributed by atoms with Crippen molar-refractivity contribution in [3.8, 4) is 0 Å².